The Morgan fingerprint density at radius 2 is 0.214 bits per heavy atom. The number of unbranched alkanes of at least 4 members (excludes halogenated alkanes) is 75. The Morgan fingerprint density at radius 1 is 0.165 bits per heavy atom. The van der Waals surface area contributed by atoms with Crippen LogP contribution in [-0.2, 0) is 11.8 Å². The second kappa shape index (κ2) is 123. The van der Waals surface area contributed by atoms with E-state index in [2.05, 4.69) is 46.4 Å². The van der Waals surface area contributed by atoms with E-state index in [0.717, 1.165) is 32.7 Å². The Labute approximate surface area is 656 Å². The topological polar surface area (TPSA) is 231 Å². The first-order valence-corrected chi connectivity index (χ1v) is 49.7. The van der Waals surface area contributed by atoms with Gasteiger partial charge in [-0.25, -0.2) is 0 Å². The van der Waals surface area contributed by atoms with Crippen LogP contribution in [0.1, 0.15) is 548 Å². The van der Waals surface area contributed by atoms with Gasteiger partial charge in [-0.1, -0.05) is 516 Å². The summed E-state index contributed by atoms with van der Waals surface area (Å²) < 4.78 is 0. The van der Waals surface area contributed by atoms with Crippen molar-refractivity contribution in [3.8, 4) is 0 Å². The summed E-state index contributed by atoms with van der Waals surface area (Å²) in [7, 11) is -0.750. The monoisotopic (exact) mass is 1510 g/mol. The summed E-state index contributed by atoms with van der Waals surface area (Å²) in [6.45, 7) is 12.0. The van der Waals surface area contributed by atoms with Gasteiger partial charge in [0.1, 0.15) is 0 Å². The molecule has 0 unspecified atom stereocenters. The lowest BCUT2D eigenvalue weighted by molar-refractivity contribution is 0.363. The number of nitrogens with two attached hydrogens (primary N) is 5. The highest BCUT2D eigenvalue weighted by molar-refractivity contribution is 8.06. The van der Waals surface area contributed by atoms with E-state index < -0.39 is 14.4 Å². The first-order chi connectivity index (χ1) is 50.5. The fraction of sp³-hybridized carbons (Fsp3) is 1.00. The molecule has 0 aliphatic carbocycles. The molecule has 0 atom stereocenters. The molecule has 0 aromatic carbocycles. The molecular formula is C90H201BN5O5PS. The first kappa shape index (κ1) is 117. The molecule has 630 valence electrons. The lowest BCUT2D eigenvalue weighted by atomic mass is 10.0. The van der Waals surface area contributed by atoms with Gasteiger partial charge < -0.3 is 53.4 Å². The standard InChI is InChI=1S/5C18H39N.BH3O2.H3O3PS/c5*1-2-3-4-5-6-7-8-9-10-11-12-13-14-15-16-17-18-19;2-1-3;1-4(2,3)5/h5*2-19H2,1H3;1-3H;(H3,1,2,3,5). The van der Waals surface area contributed by atoms with E-state index >= 15 is 0 Å². The van der Waals surface area contributed by atoms with Gasteiger partial charge in [0.2, 0.25) is 0 Å². The molecule has 13 heteroatoms. The van der Waals surface area contributed by atoms with Crippen molar-refractivity contribution in [1.82, 2.24) is 0 Å². The molecule has 0 aliphatic heterocycles. The first-order valence-electron chi connectivity index (χ1n) is 47.0. The highest BCUT2D eigenvalue weighted by Gasteiger charge is 2.01. The molecular weight excluding hydrogens is 1300 g/mol. The van der Waals surface area contributed by atoms with Crippen LogP contribution in [0.25, 0.3) is 0 Å². The van der Waals surface area contributed by atoms with Crippen LogP contribution in [0, 0.1) is 0 Å². The van der Waals surface area contributed by atoms with Gasteiger partial charge >= 0.3 is 14.4 Å². The van der Waals surface area contributed by atoms with Gasteiger partial charge in [-0.05, 0) is 76.6 Å². The third-order valence-corrected chi connectivity index (χ3v) is 20.3. The van der Waals surface area contributed by atoms with Crippen molar-refractivity contribution < 1.29 is 24.7 Å². The highest BCUT2D eigenvalue weighted by atomic mass is 32.5. The molecule has 0 bridgehead atoms. The van der Waals surface area contributed by atoms with E-state index in [0.29, 0.717) is 0 Å². The summed E-state index contributed by atoms with van der Waals surface area (Å²) in [5.74, 6) is 0. The second-order valence-electron chi connectivity index (χ2n) is 31.1. The van der Waals surface area contributed by atoms with Crippen LogP contribution in [0.15, 0.2) is 0 Å². The van der Waals surface area contributed by atoms with Crippen molar-refractivity contribution >= 4 is 26.2 Å². The van der Waals surface area contributed by atoms with Crippen molar-refractivity contribution in [2.75, 3.05) is 32.7 Å². The SMILES string of the molecule is CCCCCCCCCCCCCCCCCCN.CCCCCCCCCCCCCCCCCCN.CCCCCCCCCCCCCCCCCCN.CCCCCCCCCCCCCCCCCCN.CCCCCCCCCCCCCCCCCCN.OBO.OP(O)(O)=S. The van der Waals surface area contributed by atoms with Crippen LogP contribution in [0.4, 0.5) is 0 Å². The maximum absolute atomic E-state index is 7.56. The van der Waals surface area contributed by atoms with Gasteiger partial charge in [-0.2, -0.15) is 0 Å². The molecule has 10 nitrogen and oxygen atoms in total. The maximum atomic E-state index is 7.56. The van der Waals surface area contributed by atoms with Crippen LogP contribution in [0.5, 0.6) is 0 Å². The van der Waals surface area contributed by atoms with E-state index in [1.54, 1.807) is 0 Å². The summed E-state index contributed by atoms with van der Waals surface area (Å²) in [5, 5.41) is 14.2. The Hall–Kier alpha value is 0.315. The Morgan fingerprint density at radius 3 is 0.262 bits per heavy atom. The van der Waals surface area contributed by atoms with Gasteiger partial charge in [0.05, 0.1) is 0 Å². The zero-order valence-electron chi connectivity index (χ0n) is 71.8. The Balaban J connectivity index is -0.000000217. The molecule has 0 aliphatic rings. The molecule has 0 rings (SSSR count). The fourth-order valence-electron chi connectivity index (χ4n) is 13.5. The minimum atomic E-state index is -3.81. The van der Waals surface area contributed by atoms with E-state index in [1.165, 1.54) is 514 Å². The van der Waals surface area contributed by atoms with Crippen molar-refractivity contribution in [1.29, 1.82) is 0 Å². The minimum absolute atomic E-state index is 0.750. The molecule has 0 saturated carbocycles. The molecule has 0 heterocycles. The molecule has 0 fully saturated rings. The number of hydrogen-bond donors (Lipinski definition) is 10. The lowest BCUT2D eigenvalue weighted by Gasteiger charge is -2.03. The number of rotatable bonds is 80. The smallest absolute Gasteiger partial charge is 0.430 e. The average Bonchev–Trinajstić information content (AvgIpc) is 3.84. The molecule has 103 heavy (non-hydrogen) atoms. The summed E-state index contributed by atoms with van der Waals surface area (Å²) in [6, 6.07) is 0. The van der Waals surface area contributed by atoms with Crippen LogP contribution in [0.2, 0.25) is 0 Å². The molecule has 0 aromatic rings. The summed E-state index contributed by atoms with van der Waals surface area (Å²) in [6.07, 6.45) is 114. The van der Waals surface area contributed by atoms with Gasteiger partial charge in [0.25, 0.3) is 0 Å². The quantitative estimate of drug-likeness (QED) is 0.0156. The zero-order valence-corrected chi connectivity index (χ0v) is 73.5. The largest absolute Gasteiger partial charge is 0.432 e. The van der Waals surface area contributed by atoms with Gasteiger partial charge in [-0.3, -0.25) is 0 Å². The second-order valence-corrected chi connectivity index (χ2v) is 33.6. The lowest BCUT2D eigenvalue weighted by Crippen LogP contribution is -1.97. The van der Waals surface area contributed by atoms with Crippen molar-refractivity contribution in [3.05, 3.63) is 0 Å². The van der Waals surface area contributed by atoms with Crippen LogP contribution < -0.4 is 28.7 Å². The van der Waals surface area contributed by atoms with E-state index in [-0.39, 0.29) is 0 Å². The fourth-order valence-corrected chi connectivity index (χ4v) is 13.5. The van der Waals surface area contributed by atoms with Gasteiger partial charge in [0.15, 0.2) is 0 Å². The molecule has 0 spiro atoms. The minimum Gasteiger partial charge on any atom is -0.430 e. The summed E-state index contributed by atoms with van der Waals surface area (Å²) in [5.41, 5.74) is 27.4. The van der Waals surface area contributed by atoms with Crippen molar-refractivity contribution in [2.45, 2.75) is 548 Å². The summed E-state index contributed by atoms with van der Waals surface area (Å²) in [4.78, 5) is 22.7. The van der Waals surface area contributed by atoms with E-state index in [9.17, 15) is 0 Å². The maximum Gasteiger partial charge on any atom is 0.432 e. The van der Waals surface area contributed by atoms with Gasteiger partial charge in [0, 0.05) is 0 Å². The Bertz CT molecular complexity index is 1050. The predicted octanol–water partition coefficient (Wildman–Crippen LogP) is 28.5. The van der Waals surface area contributed by atoms with Crippen LogP contribution in [-0.4, -0.2) is 65.1 Å². The molecule has 0 amide bonds. The average molecular weight is 1510 g/mol. The van der Waals surface area contributed by atoms with Crippen LogP contribution >= 0.6 is 6.72 Å². The zero-order chi connectivity index (χ0) is 77.3. The van der Waals surface area contributed by atoms with E-state index in [4.69, 9.17) is 53.4 Å². The third-order valence-electron chi connectivity index (χ3n) is 20.3. The molecule has 0 saturated heterocycles. The molecule has 0 radical (unpaired) electrons. The molecule has 15 N–H and O–H groups in total. The normalized spacial score (nSPS) is 10.9. The van der Waals surface area contributed by atoms with Crippen molar-refractivity contribution in [2.24, 2.45) is 28.7 Å². The predicted molar refractivity (Wildman–Crippen MR) is 476 cm³/mol. The van der Waals surface area contributed by atoms with Crippen molar-refractivity contribution in [3.63, 3.8) is 0 Å². The Kier molecular flexibility index (Phi) is 139. The third kappa shape index (κ3) is 160. The van der Waals surface area contributed by atoms with Crippen LogP contribution in [0.3, 0.4) is 0 Å². The summed E-state index contributed by atoms with van der Waals surface area (Å²) >= 11 is 3.60. The highest BCUT2D eigenvalue weighted by Crippen LogP contribution is 2.27. The molecule has 0 aromatic heterocycles. The number of hydrogen-bond acceptors (Lipinski definition) is 8. The van der Waals surface area contributed by atoms with Gasteiger partial charge in [-0.15, -0.1) is 0 Å². The van der Waals surface area contributed by atoms with E-state index in [1.807, 2.05) is 0 Å².